The van der Waals surface area contributed by atoms with Crippen LogP contribution in [0.2, 0.25) is 0 Å². The summed E-state index contributed by atoms with van der Waals surface area (Å²) in [5, 5.41) is 6.56. The number of hydrogen-bond acceptors (Lipinski definition) is 4. The molecule has 4 rings (SSSR count). The van der Waals surface area contributed by atoms with Crippen molar-refractivity contribution in [3.8, 4) is 0 Å². The van der Waals surface area contributed by atoms with Gasteiger partial charge in [0, 0.05) is 63.5 Å². The molecule has 0 aromatic carbocycles. The van der Waals surface area contributed by atoms with Crippen LogP contribution in [0.3, 0.4) is 0 Å². The van der Waals surface area contributed by atoms with E-state index in [-0.39, 0.29) is 35.3 Å². The van der Waals surface area contributed by atoms with Crippen molar-refractivity contribution in [1.82, 2.24) is 15.5 Å². The smallest absolute Gasteiger partial charge is 0.220 e. The molecular formula is C20H31IN4O3. The Bertz CT molecular complexity index is 660. The highest BCUT2D eigenvalue weighted by Crippen LogP contribution is 2.36. The average Bonchev–Trinajstić information content (AvgIpc) is 3.42. The number of aliphatic imine (C=N–C) groups is 1. The first-order valence-corrected chi connectivity index (χ1v) is 10.1. The van der Waals surface area contributed by atoms with Gasteiger partial charge in [-0.15, -0.1) is 24.0 Å². The van der Waals surface area contributed by atoms with Crippen molar-refractivity contribution in [3.05, 3.63) is 24.2 Å². The number of nitrogens with one attached hydrogen (secondary N) is 2. The van der Waals surface area contributed by atoms with Gasteiger partial charge in [0.2, 0.25) is 5.91 Å². The Kier molecular flexibility index (Phi) is 7.62. The second-order valence-electron chi connectivity index (χ2n) is 8.13. The third kappa shape index (κ3) is 5.40. The van der Waals surface area contributed by atoms with E-state index in [0.29, 0.717) is 12.3 Å². The normalized spacial score (nSPS) is 27.7. The SMILES string of the molecule is I.O=C1CC2(CCCN(C(=NCC3CCOC3)NCCc3ccco3)C2)CN1. The maximum absolute atomic E-state index is 11.8. The van der Waals surface area contributed by atoms with Crippen LogP contribution in [-0.4, -0.2) is 62.7 Å². The number of nitrogens with zero attached hydrogens (tertiary/aromatic N) is 2. The molecule has 4 heterocycles. The Hall–Kier alpha value is -1.29. The van der Waals surface area contributed by atoms with E-state index in [1.54, 1.807) is 6.26 Å². The van der Waals surface area contributed by atoms with Gasteiger partial charge in [-0.2, -0.15) is 0 Å². The third-order valence-corrected chi connectivity index (χ3v) is 5.91. The van der Waals surface area contributed by atoms with E-state index in [4.69, 9.17) is 14.1 Å². The van der Waals surface area contributed by atoms with E-state index in [9.17, 15) is 4.79 Å². The van der Waals surface area contributed by atoms with Gasteiger partial charge < -0.3 is 24.7 Å². The van der Waals surface area contributed by atoms with Crippen LogP contribution in [0.25, 0.3) is 0 Å². The van der Waals surface area contributed by atoms with E-state index in [0.717, 1.165) is 83.3 Å². The molecule has 28 heavy (non-hydrogen) atoms. The molecule has 1 aromatic heterocycles. The molecular weight excluding hydrogens is 471 g/mol. The average molecular weight is 502 g/mol. The topological polar surface area (TPSA) is 79.1 Å². The molecule has 1 spiro atoms. The molecule has 3 saturated heterocycles. The van der Waals surface area contributed by atoms with Gasteiger partial charge in [0.25, 0.3) is 0 Å². The Labute approximate surface area is 183 Å². The minimum atomic E-state index is 0. The van der Waals surface area contributed by atoms with E-state index in [1.807, 2.05) is 12.1 Å². The first-order valence-electron chi connectivity index (χ1n) is 10.1. The predicted molar refractivity (Wildman–Crippen MR) is 118 cm³/mol. The van der Waals surface area contributed by atoms with Crippen LogP contribution in [0.5, 0.6) is 0 Å². The van der Waals surface area contributed by atoms with Crippen molar-refractivity contribution in [2.45, 2.75) is 32.1 Å². The van der Waals surface area contributed by atoms with Crippen LogP contribution >= 0.6 is 24.0 Å². The molecule has 3 aliphatic rings. The lowest BCUT2D eigenvalue weighted by Crippen LogP contribution is -2.51. The largest absolute Gasteiger partial charge is 0.469 e. The highest BCUT2D eigenvalue weighted by molar-refractivity contribution is 14.0. The summed E-state index contributed by atoms with van der Waals surface area (Å²) in [7, 11) is 0. The number of halogens is 1. The lowest BCUT2D eigenvalue weighted by atomic mass is 9.79. The van der Waals surface area contributed by atoms with Crippen molar-refractivity contribution in [2.24, 2.45) is 16.3 Å². The van der Waals surface area contributed by atoms with Gasteiger partial charge in [0.1, 0.15) is 5.76 Å². The van der Waals surface area contributed by atoms with E-state index < -0.39 is 0 Å². The van der Waals surface area contributed by atoms with Crippen LogP contribution in [0.4, 0.5) is 0 Å². The molecule has 156 valence electrons. The summed E-state index contributed by atoms with van der Waals surface area (Å²) in [6.45, 7) is 5.91. The maximum Gasteiger partial charge on any atom is 0.220 e. The fourth-order valence-corrected chi connectivity index (χ4v) is 4.39. The molecule has 8 heteroatoms. The number of guanidine groups is 1. The molecule has 7 nitrogen and oxygen atoms in total. The third-order valence-electron chi connectivity index (χ3n) is 5.91. The Morgan fingerprint density at radius 2 is 2.39 bits per heavy atom. The summed E-state index contributed by atoms with van der Waals surface area (Å²) in [5.41, 5.74) is 0.0647. The molecule has 2 unspecified atom stereocenters. The lowest BCUT2D eigenvalue weighted by Gasteiger charge is -2.41. The molecule has 0 saturated carbocycles. The molecule has 0 radical (unpaired) electrons. The molecule has 1 aromatic rings. The van der Waals surface area contributed by atoms with Gasteiger partial charge in [0.15, 0.2) is 5.96 Å². The lowest BCUT2D eigenvalue weighted by molar-refractivity contribution is -0.119. The number of furan rings is 1. The summed E-state index contributed by atoms with van der Waals surface area (Å²) in [6, 6.07) is 3.92. The van der Waals surface area contributed by atoms with Crippen LogP contribution in [0.1, 0.15) is 31.4 Å². The molecule has 1 amide bonds. The van der Waals surface area contributed by atoms with Gasteiger partial charge in [-0.1, -0.05) is 0 Å². The molecule has 0 aliphatic carbocycles. The highest BCUT2D eigenvalue weighted by atomic mass is 127. The van der Waals surface area contributed by atoms with Gasteiger partial charge in [-0.25, -0.2) is 0 Å². The van der Waals surface area contributed by atoms with Crippen LogP contribution in [0, 0.1) is 11.3 Å². The Morgan fingerprint density at radius 1 is 1.46 bits per heavy atom. The fraction of sp³-hybridized carbons (Fsp3) is 0.700. The standard InChI is InChI=1S/C20H30N4O3.HI/c25-18-11-20(14-23-18)6-2-8-24(15-20)19(22-12-16-5-10-26-13-16)21-7-4-17-3-1-9-27-17;/h1,3,9,16H,2,4-8,10-15H2,(H,21,22)(H,23,25);1H. The van der Waals surface area contributed by atoms with Crippen LogP contribution < -0.4 is 10.6 Å². The zero-order valence-electron chi connectivity index (χ0n) is 16.3. The van der Waals surface area contributed by atoms with Gasteiger partial charge in [-0.3, -0.25) is 9.79 Å². The number of ether oxygens (including phenoxy) is 1. The van der Waals surface area contributed by atoms with E-state index >= 15 is 0 Å². The number of piperidine rings is 1. The summed E-state index contributed by atoms with van der Waals surface area (Å²) in [4.78, 5) is 19.1. The molecule has 3 aliphatic heterocycles. The predicted octanol–water partition coefficient (Wildman–Crippen LogP) is 2.02. The van der Waals surface area contributed by atoms with Gasteiger partial charge in [0.05, 0.1) is 12.9 Å². The summed E-state index contributed by atoms with van der Waals surface area (Å²) in [6.07, 6.45) is 6.48. The highest BCUT2D eigenvalue weighted by Gasteiger charge is 2.42. The zero-order valence-corrected chi connectivity index (χ0v) is 18.7. The Morgan fingerprint density at radius 3 is 3.11 bits per heavy atom. The first-order chi connectivity index (χ1) is 13.2. The zero-order chi connectivity index (χ0) is 18.5. The van der Waals surface area contributed by atoms with Crippen molar-refractivity contribution in [3.63, 3.8) is 0 Å². The number of carbonyl (C=O) groups is 1. The van der Waals surface area contributed by atoms with Gasteiger partial charge in [-0.05, 0) is 31.4 Å². The molecule has 0 bridgehead atoms. The van der Waals surface area contributed by atoms with Crippen LogP contribution in [-0.2, 0) is 16.0 Å². The molecule has 3 fully saturated rings. The molecule has 2 N–H and O–H groups in total. The number of hydrogen-bond donors (Lipinski definition) is 2. The second-order valence-corrected chi connectivity index (χ2v) is 8.13. The van der Waals surface area contributed by atoms with Gasteiger partial charge >= 0.3 is 0 Å². The number of carbonyl (C=O) groups excluding carboxylic acids is 1. The van der Waals surface area contributed by atoms with Crippen molar-refractivity contribution in [2.75, 3.05) is 45.9 Å². The monoisotopic (exact) mass is 502 g/mol. The second kappa shape index (κ2) is 9.96. The van der Waals surface area contributed by atoms with E-state index in [1.165, 1.54) is 0 Å². The number of amides is 1. The minimum Gasteiger partial charge on any atom is -0.469 e. The van der Waals surface area contributed by atoms with E-state index in [2.05, 4.69) is 15.5 Å². The molecule has 2 atom stereocenters. The van der Waals surface area contributed by atoms with Crippen molar-refractivity contribution < 1.29 is 13.9 Å². The maximum atomic E-state index is 11.8. The first kappa shape index (κ1) is 21.4. The summed E-state index contributed by atoms with van der Waals surface area (Å²) >= 11 is 0. The summed E-state index contributed by atoms with van der Waals surface area (Å²) < 4.78 is 10.9. The quantitative estimate of drug-likeness (QED) is 0.366. The Balaban J connectivity index is 0.00000225. The minimum absolute atomic E-state index is 0. The van der Waals surface area contributed by atoms with Crippen molar-refractivity contribution in [1.29, 1.82) is 0 Å². The fourth-order valence-electron chi connectivity index (χ4n) is 4.39. The number of likely N-dealkylation sites (tertiary alicyclic amines) is 1. The van der Waals surface area contributed by atoms with Crippen molar-refractivity contribution >= 4 is 35.8 Å². The number of rotatable bonds is 5. The summed E-state index contributed by atoms with van der Waals surface area (Å²) in [5.74, 6) is 2.64. The van der Waals surface area contributed by atoms with Crippen LogP contribution in [0.15, 0.2) is 27.8 Å².